The lowest BCUT2D eigenvalue weighted by Crippen LogP contribution is -2.52. The maximum atomic E-state index is 11.6. The molecule has 0 saturated carbocycles. The van der Waals surface area contributed by atoms with Gasteiger partial charge < -0.3 is 0 Å². The predicted molar refractivity (Wildman–Crippen MR) is 62.1 cm³/mol. The van der Waals surface area contributed by atoms with Gasteiger partial charge in [-0.3, -0.25) is 19.7 Å². The number of imide groups is 2. The first-order valence-corrected chi connectivity index (χ1v) is 5.27. The summed E-state index contributed by atoms with van der Waals surface area (Å²) in [6.07, 6.45) is -0.361. The molecule has 6 nitrogen and oxygen atoms in total. The van der Waals surface area contributed by atoms with E-state index < -0.39 is 17.8 Å². The Morgan fingerprint density at radius 3 is 2.28 bits per heavy atom. The van der Waals surface area contributed by atoms with Crippen molar-refractivity contribution in [2.45, 2.75) is 13.3 Å². The topological polar surface area (TPSA) is 83.6 Å². The molecule has 0 atom stereocenters. The van der Waals surface area contributed by atoms with Gasteiger partial charge in [0.05, 0.1) is 5.69 Å². The summed E-state index contributed by atoms with van der Waals surface area (Å²) in [5, 5.41) is 2.06. The summed E-state index contributed by atoms with van der Waals surface area (Å²) < 4.78 is 0. The molecule has 0 unspecified atom stereocenters. The van der Waals surface area contributed by atoms with E-state index in [0.717, 1.165) is 4.90 Å². The zero-order chi connectivity index (χ0) is 13.3. The second-order valence-electron chi connectivity index (χ2n) is 3.86. The van der Waals surface area contributed by atoms with Crippen molar-refractivity contribution in [2.24, 2.45) is 0 Å². The maximum absolute atomic E-state index is 11.6. The number of hydrogen-bond donors (Lipinski definition) is 1. The zero-order valence-electron chi connectivity index (χ0n) is 9.60. The van der Waals surface area contributed by atoms with Gasteiger partial charge in [-0.1, -0.05) is 0 Å². The number of benzene rings is 1. The lowest BCUT2D eigenvalue weighted by molar-refractivity contribution is -0.128. The first-order valence-electron chi connectivity index (χ1n) is 5.27. The minimum Gasteiger partial charge on any atom is -0.295 e. The van der Waals surface area contributed by atoms with Crippen LogP contribution in [0.1, 0.15) is 23.7 Å². The molecule has 1 aliphatic rings. The molecule has 6 heteroatoms. The highest BCUT2D eigenvalue weighted by Gasteiger charge is 2.31. The normalized spacial score (nSPS) is 15.6. The van der Waals surface area contributed by atoms with Crippen molar-refractivity contribution < 1.29 is 19.2 Å². The number of anilines is 1. The number of amides is 4. The summed E-state index contributed by atoms with van der Waals surface area (Å²) in [5.74, 6) is -1.30. The Kier molecular flexibility index (Phi) is 2.93. The highest BCUT2D eigenvalue weighted by molar-refractivity contribution is 6.26. The third-order valence-corrected chi connectivity index (χ3v) is 2.54. The highest BCUT2D eigenvalue weighted by Crippen LogP contribution is 2.18. The van der Waals surface area contributed by atoms with Crippen LogP contribution < -0.4 is 10.2 Å². The fourth-order valence-corrected chi connectivity index (χ4v) is 1.66. The van der Waals surface area contributed by atoms with E-state index in [1.165, 1.54) is 31.2 Å². The first kappa shape index (κ1) is 12.0. The number of barbiturate groups is 1. The fraction of sp³-hybridized carbons (Fsp3) is 0.167. The van der Waals surface area contributed by atoms with Crippen LogP contribution in [0.5, 0.6) is 0 Å². The summed E-state index contributed by atoms with van der Waals surface area (Å²) in [7, 11) is 0. The third-order valence-electron chi connectivity index (χ3n) is 2.54. The van der Waals surface area contributed by atoms with Crippen molar-refractivity contribution in [1.29, 1.82) is 0 Å². The molecule has 1 heterocycles. The predicted octanol–water partition coefficient (Wildman–Crippen LogP) is 0.862. The van der Waals surface area contributed by atoms with Crippen molar-refractivity contribution in [3.8, 4) is 0 Å². The van der Waals surface area contributed by atoms with Gasteiger partial charge in [0, 0.05) is 5.56 Å². The van der Waals surface area contributed by atoms with Crippen LogP contribution in [-0.4, -0.2) is 23.6 Å². The Hall–Kier alpha value is -2.50. The quantitative estimate of drug-likeness (QED) is 0.619. The minimum absolute atomic E-state index is 0.105. The van der Waals surface area contributed by atoms with E-state index in [4.69, 9.17) is 0 Å². The number of ketones is 1. The third kappa shape index (κ3) is 2.13. The van der Waals surface area contributed by atoms with Crippen LogP contribution in [0.15, 0.2) is 24.3 Å². The summed E-state index contributed by atoms with van der Waals surface area (Å²) in [6.45, 7) is 1.42. The standard InChI is InChI=1S/C12H10N2O4/c1-7(15)8-2-4-9(5-3-8)14-11(17)6-10(16)13-12(14)18/h2-5H,6H2,1H3,(H,13,16,18). The van der Waals surface area contributed by atoms with Gasteiger partial charge in [-0.05, 0) is 31.2 Å². The SMILES string of the molecule is CC(=O)c1ccc(N2C(=O)CC(=O)NC2=O)cc1. The van der Waals surface area contributed by atoms with Gasteiger partial charge in [0.1, 0.15) is 6.42 Å². The lowest BCUT2D eigenvalue weighted by atomic mass is 10.1. The second kappa shape index (κ2) is 4.40. The largest absolute Gasteiger partial charge is 0.335 e. The average molecular weight is 246 g/mol. The van der Waals surface area contributed by atoms with Crippen LogP contribution in [0.3, 0.4) is 0 Å². The van der Waals surface area contributed by atoms with Crippen molar-refractivity contribution in [3.05, 3.63) is 29.8 Å². The molecule has 1 aromatic rings. The van der Waals surface area contributed by atoms with Crippen LogP contribution in [0.25, 0.3) is 0 Å². The Morgan fingerprint density at radius 1 is 1.17 bits per heavy atom. The summed E-state index contributed by atoms with van der Waals surface area (Å²) in [5.41, 5.74) is 0.815. The van der Waals surface area contributed by atoms with E-state index >= 15 is 0 Å². The van der Waals surface area contributed by atoms with Crippen LogP contribution in [0.2, 0.25) is 0 Å². The minimum atomic E-state index is -0.771. The van der Waals surface area contributed by atoms with Gasteiger partial charge in [0.25, 0.3) is 0 Å². The second-order valence-corrected chi connectivity index (χ2v) is 3.86. The Morgan fingerprint density at radius 2 is 1.78 bits per heavy atom. The summed E-state index contributed by atoms with van der Waals surface area (Å²) in [4.78, 5) is 46.1. The average Bonchev–Trinajstić information content (AvgIpc) is 2.28. The molecule has 1 aromatic carbocycles. The molecule has 0 spiro atoms. The van der Waals surface area contributed by atoms with Gasteiger partial charge in [0.15, 0.2) is 5.78 Å². The molecule has 1 saturated heterocycles. The van der Waals surface area contributed by atoms with E-state index in [1.54, 1.807) is 0 Å². The molecule has 92 valence electrons. The molecule has 1 N–H and O–H groups in total. The van der Waals surface area contributed by atoms with Gasteiger partial charge >= 0.3 is 6.03 Å². The van der Waals surface area contributed by atoms with E-state index in [0.29, 0.717) is 11.3 Å². The number of carbonyl (C=O) groups excluding carboxylic acids is 4. The van der Waals surface area contributed by atoms with Crippen molar-refractivity contribution in [2.75, 3.05) is 4.90 Å². The van der Waals surface area contributed by atoms with E-state index in [9.17, 15) is 19.2 Å². The van der Waals surface area contributed by atoms with Gasteiger partial charge in [-0.2, -0.15) is 0 Å². The lowest BCUT2D eigenvalue weighted by Gasteiger charge is -2.24. The Labute approximate surface area is 103 Å². The zero-order valence-corrected chi connectivity index (χ0v) is 9.60. The number of nitrogens with zero attached hydrogens (tertiary/aromatic N) is 1. The molecule has 18 heavy (non-hydrogen) atoms. The monoisotopic (exact) mass is 246 g/mol. The van der Waals surface area contributed by atoms with Gasteiger partial charge in [-0.15, -0.1) is 0 Å². The van der Waals surface area contributed by atoms with Crippen molar-refractivity contribution in [3.63, 3.8) is 0 Å². The maximum Gasteiger partial charge on any atom is 0.335 e. The number of rotatable bonds is 2. The molecule has 1 aliphatic heterocycles. The smallest absolute Gasteiger partial charge is 0.295 e. The Balaban J connectivity index is 2.30. The summed E-state index contributed by atoms with van der Waals surface area (Å²) in [6, 6.07) is 5.25. The molecule has 2 rings (SSSR count). The molecule has 0 bridgehead atoms. The van der Waals surface area contributed by atoms with Crippen LogP contribution in [-0.2, 0) is 9.59 Å². The van der Waals surface area contributed by atoms with E-state index in [1.807, 2.05) is 0 Å². The van der Waals surface area contributed by atoms with Crippen molar-refractivity contribution >= 4 is 29.3 Å². The molecule has 0 radical (unpaired) electrons. The molecule has 0 aliphatic carbocycles. The number of Topliss-reactive ketones (excluding diaryl/α,β-unsaturated/α-hetero) is 1. The van der Waals surface area contributed by atoms with Crippen LogP contribution in [0.4, 0.5) is 10.5 Å². The number of hydrogen-bond acceptors (Lipinski definition) is 4. The van der Waals surface area contributed by atoms with Crippen LogP contribution in [0, 0.1) is 0 Å². The van der Waals surface area contributed by atoms with Crippen molar-refractivity contribution in [1.82, 2.24) is 5.32 Å². The van der Waals surface area contributed by atoms with Gasteiger partial charge in [-0.25, -0.2) is 9.69 Å². The fourth-order valence-electron chi connectivity index (χ4n) is 1.66. The molecular weight excluding hydrogens is 236 g/mol. The Bertz CT molecular complexity index is 528. The van der Waals surface area contributed by atoms with Crippen LogP contribution >= 0.6 is 0 Å². The molecule has 4 amide bonds. The first-order chi connectivity index (χ1) is 8.49. The summed E-state index contributed by atoms with van der Waals surface area (Å²) >= 11 is 0. The number of carbonyl (C=O) groups is 4. The molecule has 0 aromatic heterocycles. The van der Waals surface area contributed by atoms with Gasteiger partial charge in [0.2, 0.25) is 11.8 Å². The molecular formula is C12H10N2O4. The highest BCUT2D eigenvalue weighted by atomic mass is 16.2. The molecule has 1 fully saturated rings. The number of nitrogens with one attached hydrogen (secondary N) is 1. The van der Waals surface area contributed by atoms with E-state index in [-0.39, 0.29) is 12.2 Å². The van der Waals surface area contributed by atoms with E-state index in [2.05, 4.69) is 5.32 Å². The number of urea groups is 1.